The highest BCUT2D eigenvalue weighted by molar-refractivity contribution is 6.31. The summed E-state index contributed by atoms with van der Waals surface area (Å²) in [5.41, 5.74) is 7.48. The van der Waals surface area contributed by atoms with Crippen molar-refractivity contribution in [1.29, 1.82) is 0 Å². The highest BCUT2D eigenvalue weighted by Gasteiger charge is 2.14. The number of carbonyl (C=O) groups is 1. The van der Waals surface area contributed by atoms with Crippen LogP contribution in [0.5, 0.6) is 0 Å². The molecule has 0 aliphatic rings. The number of nitrogens with two attached hydrogens (primary N) is 1. The molecule has 1 aromatic carbocycles. The van der Waals surface area contributed by atoms with Crippen LogP contribution in [0.4, 0.5) is 5.69 Å². The van der Waals surface area contributed by atoms with Crippen LogP contribution in [-0.4, -0.2) is 13.1 Å². The van der Waals surface area contributed by atoms with Crippen LogP contribution in [-0.2, 0) is 11.2 Å². The second-order valence-corrected chi connectivity index (χ2v) is 3.30. The van der Waals surface area contributed by atoms with Crippen LogP contribution in [0.15, 0.2) is 12.1 Å². The third kappa shape index (κ3) is 1.99. The molecule has 0 aliphatic heterocycles. The molecular weight excluding hydrogens is 202 g/mol. The number of anilines is 1. The molecule has 0 atom stereocenters. The molecule has 0 saturated heterocycles. The monoisotopic (exact) mass is 213 g/mol. The van der Waals surface area contributed by atoms with E-state index >= 15 is 0 Å². The first-order valence-electron chi connectivity index (χ1n) is 4.26. The molecule has 1 rings (SSSR count). The summed E-state index contributed by atoms with van der Waals surface area (Å²) in [6.45, 7) is 1.92. The minimum Gasteiger partial charge on any atom is -0.465 e. The lowest BCUT2D eigenvalue weighted by Gasteiger charge is -2.09. The Balaban J connectivity index is 3.32. The molecule has 2 N–H and O–H groups in total. The SMILES string of the molecule is CCc1c(N)cc(Cl)cc1C(=O)OC. The normalized spacial score (nSPS) is 9.93. The number of hydrogen-bond donors (Lipinski definition) is 1. The first-order chi connectivity index (χ1) is 6.60. The van der Waals surface area contributed by atoms with Crippen LogP contribution in [0.1, 0.15) is 22.8 Å². The molecule has 76 valence electrons. The standard InChI is InChI=1S/C10H12ClNO2/c1-3-7-8(10(13)14-2)4-6(11)5-9(7)12/h4-5H,3,12H2,1-2H3. The van der Waals surface area contributed by atoms with E-state index in [1.54, 1.807) is 12.1 Å². The minimum atomic E-state index is -0.406. The second-order valence-electron chi connectivity index (χ2n) is 2.87. The van der Waals surface area contributed by atoms with Gasteiger partial charge in [0.2, 0.25) is 0 Å². The molecule has 0 radical (unpaired) electrons. The fourth-order valence-electron chi connectivity index (χ4n) is 1.34. The average molecular weight is 214 g/mol. The first-order valence-corrected chi connectivity index (χ1v) is 4.64. The molecule has 0 aromatic heterocycles. The van der Waals surface area contributed by atoms with Crippen molar-refractivity contribution in [2.24, 2.45) is 0 Å². The van der Waals surface area contributed by atoms with E-state index in [1.807, 2.05) is 6.92 Å². The van der Waals surface area contributed by atoms with E-state index < -0.39 is 5.97 Å². The number of methoxy groups -OCH3 is 1. The van der Waals surface area contributed by atoms with Gasteiger partial charge in [0.15, 0.2) is 0 Å². The lowest BCUT2D eigenvalue weighted by molar-refractivity contribution is 0.0599. The maximum atomic E-state index is 11.4. The highest BCUT2D eigenvalue weighted by Crippen LogP contribution is 2.24. The fraction of sp³-hybridized carbons (Fsp3) is 0.300. The van der Waals surface area contributed by atoms with Crippen molar-refractivity contribution in [3.05, 3.63) is 28.3 Å². The smallest absolute Gasteiger partial charge is 0.338 e. The summed E-state index contributed by atoms with van der Waals surface area (Å²) in [6, 6.07) is 3.20. The summed E-state index contributed by atoms with van der Waals surface area (Å²) >= 11 is 5.79. The zero-order valence-corrected chi connectivity index (χ0v) is 8.89. The first kappa shape index (κ1) is 10.9. The Morgan fingerprint density at radius 1 is 1.57 bits per heavy atom. The van der Waals surface area contributed by atoms with E-state index in [0.717, 1.165) is 5.56 Å². The summed E-state index contributed by atoms with van der Waals surface area (Å²) in [5.74, 6) is -0.406. The molecule has 0 amide bonds. The molecule has 0 bridgehead atoms. The van der Waals surface area contributed by atoms with E-state index in [1.165, 1.54) is 7.11 Å². The molecule has 0 spiro atoms. The zero-order chi connectivity index (χ0) is 10.7. The average Bonchev–Trinajstić information content (AvgIpc) is 2.15. The summed E-state index contributed by atoms with van der Waals surface area (Å²) in [6.07, 6.45) is 0.674. The van der Waals surface area contributed by atoms with Crippen LogP contribution in [0.2, 0.25) is 5.02 Å². The predicted octanol–water partition coefficient (Wildman–Crippen LogP) is 2.27. The molecule has 0 unspecified atom stereocenters. The van der Waals surface area contributed by atoms with Crippen molar-refractivity contribution >= 4 is 23.3 Å². The molecule has 1 aromatic rings. The van der Waals surface area contributed by atoms with E-state index in [0.29, 0.717) is 22.7 Å². The van der Waals surface area contributed by atoms with Crippen LogP contribution < -0.4 is 5.73 Å². The van der Waals surface area contributed by atoms with Crippen molar-refractivity contribution in [2.75, 3.05) is 12.8 Å². The Morgan fingerprint density at radius 2 is 2.21 bits per heavy atom. The minimum absolute atomic E-state index is 0.406. The van der Waals surface area contributed by atoms with E-state index in [-0.39, 0.29) is 0 Å². The van der Waals surface area contributed by atoms with Gasteiger partial charge in [-0.2, -0.15) is 0 Å². The number of halogens is 1. The number of hydrogen-bond acceptors (Lipinski definition) is 3. The summed E-state index contributed by atoms with van der Waals surface area (Å²) in [7, 11) is 1.33. The van der Waals surface area contributed by atoms with E-state index in [2.05, 4.69) is 4.74 Å². The third-order valence-corrected chi connectivity index (χ3v) is 2.23. The lowest BCUT2D eigenvalue weighted by atomic mass is 10.0. The Morgan fingerprint density at radius 3 is 2.71 bits per heavy atom. The van der Waals surface area contributed by atoms with Crippen molar-refractivity contribution in [3.8, 4) is 0 Å². The maximum Gasteiger partial charge on any atom is 0.338 e. The van der Waals surface area contributed by atoms with Crippen LogP contribution >= 0.6 is 11.6 Å². The van der Waals surface area contributed by atoms with Crippen molar-refractivity contribution in [2.45, 2.75) is 13.3 Å². The Hall–Kier alpha value is -1.22. The molecule has 0 fully saturated rings. The number of carbonyl (C=O) groups excluding carboxylic acids is 1. The number of nitrogen functional groups attached to an aromatic ring is 1. The number of ether oxygens (including phenoxy) is 1. The van der Waals surface area contributed by atoms with Crippen molar-refractivity contribution in [3.63, 3.8) is 0 Å². The van der Waals surface area contributed by atoms with Crippen LogP contribution in [0, 0.1) is 0 Å². The number of esters is 1. The van der Waals surface area contributed by atoms with Crippen molar-refractivity contribution < 1.29 is 9.53 Å². The summed E-state index contributed by atoms with van der Waals surface area (Å²) in [4.78, 5) is 11.4. The molecular formula is C10H12ClNO2. The third-order valence-electron chi connectivity index (χ3n) is 2.01. The fourth-order valence-corrected chi connectivity index (χ4v) is 1.57. The quantitative estimate of drug-likeness (QED) is 0.606. The van der Waals surface area contributed by atoms with Gasteiger partial charge >= 0.3 is 5.97 Å². The molecule has 14 heavy (non-hydrogen) atoms. The van der Waals surface area contributed by atoms with Gasteiger partial charge in [0, 0.05) is 10.7 Å². The number of rotatable bonds is 2. The van der Waals surface area contributed by atoms with Gasteiger partial charge < -0.3 is 10.5 Å². The Bertz CT molecular complexity index is 363. The predicted molar refractivity (Wildman–Crippen MR) is 56.6 cm³/mol. The topological polar surface area (TPSA) is 52.3 Å². The van der Waals surface area contributed by atoms with Gasteiger partial charge in [0.25, 0.3) is 0 Å². The van der Waals surface area contributed by atoms with Crippen molar-refractivity contribution in [1.82, 2.24) is 0 Å². The van der Waals surface area contributed by atoms with Gasteiger partial charge in [-0.3, -0.25) is 0 Å². The summed E-state index contributed by atoms with van der Waals surface area (Å²) < 4.78 is 4.64. The molecule has 0 aliphatic carbocycles. The van der Waals surface area contributed by atoms with Gasteiger partial charge in [-0.1, -0.05) is 18.5 Å². The summed E-state index contributed by atoms with van der Waals surface area (Å²) in [5, 5.41) is 0.445. The molecule has 0 saturated carbocycles. The second kappa shape index (κ2) is 4.33. The highest BCUT2D eigenvalue weighted by atomic mass is 35.5. The van der Waals surface area contributed by atoms with Gasteiger partial charge in [-0.15, -0.1) is 0 Å². The van der Waals surface area contributed by atoms with E-state index in [9.17, 15) is 4.79 Å². The lowest BCUT2D eigenvalue weighted by Crippen LogP contribution is -2.07. The zero-order valence-electron chi connectivity index (χ0n) is 8.13. The van der Waals surface area contributed by atoms with Gasteiger partial charge in [-0.05, 0) is 24.1 Å². The molecule has 3 nitrogen and oxygen atoms in total. The Kier molecular flexibility index (Phi) is 3.36. The van der Waals surface area contributed by atoms with Gasteiger partial charge in [0.05, 0.1) is 12.7 Å². The van der Waals surface area contributed by atoms with Gasteiger partial charge in [-0.25, -0.2) is 4.79 Å². The Labute approximate surface area is 87.8 Å². The largest absolute Gasteiger partial charge is 0.465 e. The molecule has 4 heteroatoms. The van der Waals surface area contributed by atoms with Crippen LogP contribution in [0.3, 0.4) is 0 Å². The number of benzene rings is 1. The maximum absolute atomic E-state index is 11.4. The van der Waals surface area contributed by atoms with Crippen LogP contribution in [0.25, 0.3) is 0 Å². The van der Waals surface area contributed by atoms with E-state index in [4.69, 9.17) is 17.3 Å². The van der Waals surface area contributed by atoms with Gasteiger partial charge in [0.1, 0.15) is 0 Å². The molecule has 0 heterocycles.